The number of morpholine rings is 1. The minimum Gasteiger partial charge on any atom is -0.378 e. The van der Waals surface area contributed by atoms with Gasteiger partial charge in [0, 0.05) is 45.3 Å². The third-order valence-corrected chi connectivity index (χ3v) is 3.66. The number of ether oxygens (including phenoxy) is 1. The SMILES string of the molecule is NCCN1CCC(NC(=O)N2CCOCC2)CC1. The standard InChI is InChI=1S/C12H24N4O2/c13-3-6-15-4-1-11(2-5-15)14-12(17)16-7-9-18-10-8-16/h11H,1-10,13H2,(H,14,17). The number of rotatable bonds is 3. The summed E-state index contributed by atoms with van der Waals surface area (Å²) < 4.78 is 5.24. The fraction of sp³-hybridized carbons (Fsp3) is 0.917. The van der Waals surface area contributed by atoms with Crippen molar-refractivity contribution in [2.75, 3.05) is 52.5 Å². The molecule has 3 N–H and O–H groups in total. The third kappa shape index (κ3) is 3.83. The lowest BCUT2D eigenvalue weighted by atomic mass is 10.1. The van der Waals surface area contributed by atoms with E-state index in [1.807, 2.05) is 4.90 Å². The van der Waals surface area contributed by atoms with Gasteiger partial charge in [-0.2, -0.15) is 0 Å². The van der Waals surface area contributed by atoms with E-state index in [9.17, 15) is 4.79 Å². The molecule has 2 aliphatic rings. The third-order valence-electron chi connectivity index (χ3n) is 3.66. The average molecular weight is 256 g/mol. The molecule has 104 valence electrons. The number of carbonyl (C=O) groups excluding carboxylic acids is 1. The Labute approximate surface area is 108 Å². The van der Waals surface area contributed by atoms with Crippen LogP contribution in [0.3, 0.4) is 0 Å². The normalized spacial score (nSPS) is 23.1. The van der Waals surface area contributed by atoms with Gasteiger partial charge >= 0.3 is 6.03 Å². The number of nitrogens with one attached hydrogen (secondary N) is 1. The van der Waals surface area contributed by atoms with Crippen LogP contribution in [0.15, 0.2) is 0 Å². The number of urea groups is 1. The lowest BCUT2D eigenvalue weighted by molar-refractivity contribution is 0.0517. The Morgan fingerprint density at radius 1 is 1.22 bits per heavy atom. The van der Waals surface area contributed by atoms with Crippen LogP contribution in [0.1, 0.15) is 12.8 Å². The van der Waals surface area contributed by atoms with Crippen LogP contribution in [0, 0.1) is 0 Å². The van der Waals surface area contributed by atoms with Crippen LogP contribution in [0.2, 0.25) is 0 Å². The van der Waals surface area contributed by atoms with Crippen molar-refractivity contribution in [1.82, 2.24) is 15.1 Å². The smallest absolute Gasteiger partial charge is 0.317 e. The summed E-state index contributed by atoms with van der Waals surface area (Å²) in [5.41, 5.74) is 5.54. The lowest BCUT2D eigenvalue weighted by Crippen LogP contribution is -2.52. The molecule has 0 radical (unpaired) electrons. The highest BCUT2D eigenvalue weighted by molar-refractivity contribution is 5.74. The van der Waals surface area contributed by atoms with Crippen molar-refractivity contribution in [2.24, 2.45) is 5.73 Å². The van der Waals surface area contributed by atoms with Crippen LogP contribution in [0.5, 0.6) is 0 Å². The monoisotopic (exact) mass is 256 g/mol. The highest BCUT2D eigenvalue weighted by Gasteiger charge is 2.23. The van der Waals surface area contributed by atoms with Gasteiger partial charge in [-0.25, -0.2) is 4.79 Å². The number of carbonyl (C=O) groups is 1. The summed E-state index contributed by atoms with van der Waals surface area (Å²) in [5.74, 6) is 0. The van der Waals surface area contributed by atoms with Crippen molar-refractivity contribution in [3.05, 3.63) is 0 Å². The summed E-state index contributed by atoms with van der Waals surface area (Å²) in [5, 5.41) is 3.12. The van der Waals surface area contributed by atoms with Crippen LogP contribution in [0.4, 0.5) is 4.79 Å². The zero-order valence-electron chi connectivity index (χ0n) is 10.9. The molecule has 0 saturated carbocycles. The predicted octanol–water partition coefficient (Wildman–Crippen LogP) is -0.549. The molecule has 2 heterocycles. The number of nitrogens with two attached hydrogens (primary N) is 1. The van der Waals surface area contributed by atoms with Gasteiger partial charge in [0.1, 0.15) is 0 Å². The largest absolute Gasteiger partial charge is 0.378 e. The van der Waals surface area contributed by atoms with E-state index >= 15 is 0 Å². The Kier molecular flexibility index (Phi) is 5.22. The average Bonchev–Trinajstić information content (AvgIpc) is 2.42. The van der Waals surface area contributed by atoms with Gasteiger partial charge in [-0.05, 0) is 12.8 Å². The molecule has 0 unspecified atom stereocenters. The van der Waals surface area contributed by atoms with Gasteiger partial charge < -0.3 is 25.6 Å². The summed E-state index contributed by atoms with van der Waals surface area (Å²) in [6.45, 7) is 6.46. The van der Waals surface area contributed by atoms with Crippen LogP contribution in [0.25, 0.3) is 0 Å². The molecule has 0 spiro atoms. The number of amides is 2. The molecule has 0 atom stereocenters. The van der Waals surface area contributed by atoms with Gasteiger partial charge in [0.15, 0.2) is 0 Å². The molecule has 6 heteroatoms. The van der Waals surface area contributed by atoms with E-state index in [0.29, 0.717) is 38.9 Å². The molecule has 0 aromatic carbocycles. The molecule has 2 aliphatic heterocycles. The predicted molar refractivity (Wildman–Crippen MR) is 69.4 cm³/mol. The zero-order valence-corrected chi connectivity index (χ0v) is 10.9. The lowest BCUT2D eigenvalue weighted by Gasteiger charge is -2.34. The number of hydrogen-bond donors (Lipinski definition) is 2. The number of hydrogen-bond acceptors (Lipinski definition) is 4. The topological polar surface area (TPSA) is 70.8 Å². The Bertz CT molecular complexity index is 261. The molecule has 0 aromatic heterocycles. The first kappa shape index (κ1) is 13.6. The molecule has 0 aliphatic carbocycles. The van der Waals surface area contributed by atoms with Crippen LogP contribution in [-0.4, -0.2) is 74.4 Å². The highest BCUT2D eigenvalue weighted by Crippen LogP contribution is 2.10. The molecule has 2 saturated heterocycles. The molecule has 0 bridgehead atoms. The zero-order chi connectivity index (χ0) is 12.8. The summed E-state index contributed by atoms with van der Waals surface area (Å²) in [6, 6.07) is 0.380. The fourth-order valence-electron chi connectivity index (χ4n) is 2.52. The second kappa shape index (κ2) is 6.92. The molecule has 2 fully saturated rings. The quantitative estimate of drug-likeness (QED) is 0.711. The van der Waals surface area contributed by atoms with Crippen molar-refractivity contribution in [2.45, 2.75) is 18.9 Å². The Morgan fingerprint density at radius 3 is 2.50 bits per heavy atom. The Balaban J connectivity index is 1.68. The summed E-state index contributed by atoms with van der Waals surface area (Å²) in [7, 11) is 0. The molecule has 18 heavy (non-hydrogen) atoms. The Hall–Kier alpha value is -0.850. The van der Waals surface area contributed by atoms with Crippen LogP contribution in [-0.2, 0) is 4.74 Å². The van der Waals surface area contributed by atoms with E-state index in [4.69, 9.17) is 10.5 Å². The molecule has 0 aromatic rings. The van der Waals surface area contributed by atoms with E-state index in [1.54, 1.807) is 0 Å². The van der Waals surface area contributed by atoms with Gasteiger partial charge in [-0.3, -0.25) is 0 Å². The van der Waals surface area contributed by atoms with Crippen molar-refractivity contribution >= 4 is 6.03 Å². The number of piperidine rings is 1. The van der Waals surface area contributed by atoms with Crippen molar-refractivity contribution in [3.63, 3.8) is 0 Å². The summed E-state index contributed by atoms with van der Waals surface area (Å²) in [6.07, 6.45) is 2.05. The minimum atomic E-state index is 0.0653. The number of nitrogens with zero attached hydrogens (tertiary/aromatic N) is 2. The molecular weight excluding hydrogens is 232 g/mol. The first-order chi connectivity index (χ1) is 8.79. The maximum atomic E-state index is 12.0. The maximum Gasteiger partial charge on any atom is 0.317 e. The van der Waals surface area contributed by atoms with Gasteiger partial charge in [0.25, 0.3) is 0 Å². The maximum absolute atomic E-state index is 12.0. The first-order valence-corrected chi connectivity index (χ1v) is 6.85. The minimum absolute atomic E-state index is 0.0653. The highest BCUT2D eigenvalue weighted by atomic mass is 16.5. The molecule has 6 nitrogen and oxygen atoms in total. The van der Waals surface area contributed by atoms with Gasteiger partial charge in [0.2, 0.25) is 0 Å². The second-order valence-electron chi connectivity index (χ2n) is 4.95. The number of likely N-dealkylation sites (tertiary alicyclic amines) is 1. The van der Waals surface area contributed by atoms with E-state index in [-0.39, 0.29) is 6.03 Å². The fourth-order valence-corrected chi connectivity index (χ4v) is 2.52. The molecule has 2 rings (SSSR count). The molecular formula is C12H24N4O2. The first-order valence-electron chi connectivity index (χ1n) is 6.85. The van der Waals surface area contributed by atoms with Gasteiger partial charge in [-0.15, -0.1) is 0 Å². The van der Waals surface area contributed by atoms with E-state index in [1.165, 1.54) is 0 Å². The Morgan fingerprint density at radius 2 is 1.89 bits per heavy atom. The second-order valence-corrected chi connectivity index (χ2v) is 4.95. The summed E-state index contributed by atoms with van der Waals surface area (Å²) >= 11 is 0. The van der Waals surface area contributed by atoms with Crippen LogP contribution >= 0.6 is 0 Å². The van der Waals surface area contributed by atoms with Gasteiger partial charge in [-0.1, -0.05) is 0 Å². The van der Waals surface area contributed by atoms with E-state index in [2.05, 4.69) is 10.2 Å². The van der Waals surface area contributed by atoms with E-state index in [0.717, 1.165) is 32.5 Å². The van der Waals surface area contributed by atoms with Crippen molar-refractivity contribution in [1.29, 1.82) is 0 Å². The summed E-state index contributed by atoms with van der Waals surface area (Å²) in [4.78, 5) is 16.2. The van der Waals surface area contributed by atoms with Gasteiger partial charge in [0.05, 0.1) is 13.2 Å². The van der Waals surface area contributed by atoms with E-state index < -0.39 is 0 Å². The van der Waals surface area contributed by atoms with Crippen LogP contribution < -0.4 is 11.1 Å². The van der Waals surface area contributed by atoms with Crippen molar-refractivity contribution in [3.8, 4) is 0 Å². The van der Waals surface area contributed by atoms with Crippen molar-refractivity contribution < 1.29 is 9.53 Å². The molecule has 2 amide bonds.